The predicted octanol–water partition coefficient (Wildman–Crippen LogP) is 3.42. The van der Waals surface area contributed by atoms with Gasteiger partial charge in [0.2, 0.25) is 5.91 Å². The molecule has 0 radical (unpaired) electrons. The van der Waals surface area contributed by atoms with Crippen molar-refractivity contribution in [1.82, 2.24) is 10.6 Å². The summed E-state index contributed by atoms with van der Waals surface area (Å²) in [5.74, 6) is -0.332. The Balaban J connectivity index is 2.81. The average molecular weight is 294 g/mol. The van der Waals surface area contributed by atoms with Crippen LogP contribution in [-0.2, 0) is 4.79 Å². The second kappa shape index (κ2) is 6.56. The molecule has 21 heavy (non-hydrogen) atoms. The molecule has 1 rings (SSSR count). The van der Waals surface area contributed by atoms with Crippen LogP contribution in [0.3, 0.4) is 0 Å². The van der Waals surface area contributed by atoms with Crippen LogP contribution in [0.15, 0.2) is 24.3 Å². The lowest BCUT2D eigenvalue weighted by atomic mass is 9.82. The van der Waals surface area contributed by atoms with Crippen molar-refractivity contribution in [3.8, 4) is 0 Å². The van der Waals surface area contributed by atoms with E-state index in [4.69, 9.17) is 0 Å². The third kappa shape index (κ3) is 6.25. The predicted molar refractivity (Wildman–Crippen MR) is 84.5 cm³/mol. The van der Waals surface area contributed by atoms with E-state index in [2.05, 4.69) is 31.4 Å². The van der Waals surface area contributed by atoms with Crippen LogP contribution >= 0.6 is 0 Å². The van der Waals surface area contributed by atoms with E-state index in [9.17, 15) is 9.18 Å². The number of nitrogens with one attached hydrogen (secondary N) is 2. The van der Waals surface area contributed by atoms with E-state index in [1.165, 1.54) is 12.1 Å². The zero-order chi connectivity index (χ0) is 16.3. The molecule has 118 valence electrons. The second-order valence-electron chi connectivity index (χ2n) is 7.52. The Bertz CT molecular complexity index is 469. The van der Waals surface area contributed by atoms with Gasteiger partial charge in [0, 0.05) is 5.54 Å². The van der Waals surface area contributed by atoms with E-state index in [1.54, 1.807) is 12.1 Å². The molecule has 2 N–H and O–H groups in total. The minimum atomic E-state index is -0.271. The molecule has 0 bridgehead atoms. The van der Waals surface area contributed by atoms with E-state index < -0.39 is 0 Å². The molecular formula is C17H27FN2O. The van der Waals surface area contributed by atoms with Crippen molar-refractivity contribution in [2.24, 2.45) is 5.41 Å². The summed E-state index contributed by atoms with van der Waals surface area (Å²) in [5, 5.41) is 6.21. The van der Waals surface area contributed by atoms with Crippen molar-refractivity contribution in [2.75, 3.05) is 6.54 Å². The van der Waals surface area contributed by atoms with Crippen molar-refractivity contribution < 1.29 is 9.18 Å². The smallest absolute Gasteiger partial charge is 0.234 e. The Morgan fingerprint density at radius 1 is 1.10 bits per heavy atom. The molecule has 0 aromatic heterocycles. The lowest BCUT2D eigenvalue weighted by Gasteiger charge is -2.32. The summed E-state index contributed by atoms with van der Waals surface area (Å²) in [4.78, 5) is 12.1. The van der Waals surface area contributed by atoms with Gasteiger partial charge in [0.25, 0.3) is 0 Å². The van der Waals surface area contributed by atoms with Crippen molar-refractivity contribution in [3.63, 3.8) is 0 Å². The van der Waals surface area contributed by atoms with E-state index in [-0.39, 0.29) is 35.3 Å². The fourth-order valence-corrected chi connectivity index (χ4v) is 2.01. The molecule has 0 aliphatic heterocycles. The molecular weight excluding hydrogens is 267 g/mol. The highest BCUT2D eigenvalue weighted by Gasteiger charge is 2.28. The molecule has 0 spiro atoms. The van der Waals surface area contributed by atoms with Gasteiger partial charge in [-0.05, 0) is 43.9 Å². The van der Waals surface area contributed by atoms with Crippen LogP contribution in [-0.4, -0.2) is 18.0 Å². The Morgan fingerprint density at radius 3 is 2.05 bits per heavy atom. The minimum absolute atomic E-state index is 0.0609. The van der Waals surface area contributed by atoms with Gasteiger partial charge < -0.3 is 10.6 Å². The van der Waals surface area contributed by atoms with E-state index in [0.29, 0.717) is 0 Å². The number of carbonyl (C=O) groups excluding carboxylic acids is 1. The Kier molecular flexibility index (Phi) is 5.51. The van der Waals surface area contributed by atoms with Crippen LogP contribution < -0.4 is 10.6 Å². The first-order chi connectivity index (χ1) is 9.49. The first-order valence-electron chi connectivity index (χ1n) is 7.29. The van der Waals surface area contributed by atoms with Crippen LogP contribution in [0, 0.1) is 11.2 Å². The first-order valence-corrected chi connectivity index (χ1v) is 7.29. The van der Waals surface area contributed by atoms with Gasteiger partial charge in [0.1, 0.15) is 5.82 Å². The summed E-state index contributed by atoms with van der Waals surface area (Å²) in [6.07, 6.45) is 0. The molecule has 0 aliphatic rings. The maximum absolute atomic E-state index is 13.1. The van der Waals surface area contributed by atoms with E-state index >= 15 is 0 Å². The number of halogens is 1. The van der Waals surface area contributed by atoms with Gasteiger partial charge in [0.05, 0.1) is 12.6 Å². The van der Waals surface area contributed by atoms with Crippen LogP contribution in [0.4, 0.5) is 4.39 Å². The van der Waals surface area contributed by atoms with E-state index in [1.807, 2.05) is 20.8 Å². The van der Waals surface area contributed by atoms with Crippen molar-refractivity contribution in [3.05, 3.63) is 35.6 Å². The van der Waals surface area contributed by atoms with Gasteiger partial charge >= 0.3 is 0 Å². The van der Waals surface area contributed by atoms with Gasteiger partial charge in [-0.3, -0.25) is 4.79 Å². The van der Waals surface area contributed by atoms with Crippen LogP contribution in [0.5, 0.6) is 0 Å². The Morgan fingerprint density at radius 2 is 1.62 bits per heavy atom. The topological polar surface area (TPSA) is 41.1 Å². The van der Waals surface area contributed by atoms with Crippen molar-refractivity contribution in [1.29, 1.82) is 0 Å². The number of hydrogen-bond donors (Lipinski definition) is 2. The average Bonchev–Trinajstić information content (AvgIpc) is 2.32. The molecule has 0 saturated carbocycles. The summed E-state index contributed by atoms with van der Waals surface area (Å²) in [6.45, 7) is 12.5. The molecule has 1 unspecified atom stereocenters. The molecule has 1 aromatic carbocycles. The quantitative estimate of drug-likeness (QED) is 0.893. The van der Waals surface area contributed by atoms with Gasteiger partial charge in [-0.1, -0.05) is 32.9 Å². The van der Waals surface area contributed by atoms with Crippen LogP contribution in [0.2, 0.25) is 0 Å². The number of hydrogen-bond acceptors (Lipinski definition) is 2. The van der Waals surface area contributed by atoms with Gasteiger partial charge in [-0.25, -0.2) is 4.39 Å². The third-order valence-electron chi connectivity index (χ3n) is 3.15. The maximum Gasteiger partial charge on any atom is 0.234 e. The summed E-state index contributed by atoms with van der Waals surface area (Å²) in [5.41, 5.74) is 0.646. The van der Waals surface area contributed by atoms with Crippen LogP contribution in [0.1, 0.15) is 53.1 Å². The molecule has 1 atom stereocenters. The number of amides is 1. The minimum Gasteiger partial charge on any atom is -0.348 e. The van der Waals surface area contributed by atoms with Gasteiger partial charge in [-0.2, -0.15) is 0 Å². The summed E-state index contributed by atoms with van der Waals surface area (Å²) in [7, 11) is 0. The molecule has 4 heteroatoms. The maximum atomic E-state index is 13.1. The van der Waals surface area contributed by atoms with Crippen molar-refractivity contribution in [2.45, 2.75) is 53.1 Å². The van der Waals surface area contributed by atoms with E-state index in [0.717, 1.165) is 5.56 Å². The fourth-order valence-electron chi connectivity index (χ4n) is 2.01. The highest BCUT2D eigenvalue weighted by atomic mass is 19.1. The number of rotatable bonds is 4. The monoisotopic (exact) mass is 294 g/mol. The van der Waals surface area contributed by atoms with Gasteiger partial charge in [0.15, 0.2) is 0 Å². The van der Waals surface area contributed by atoms with Crippen LogP contribution in [0.25, 0.3) is 0 Å². The second-order valence-corrected chi connectivity index (χ2v) is 7.52. The zero-order valence-corrected chi connectivity index (χ0v) is 13.9. The Hall–Kier alpha value is -1.42. The summed E-state index contributed by atoms with van der Waals surface area (Å²) in [6, 6.07) is 6.14. The molecule has 0 saturated heterocycles. The molecule has 1 amide bonds. The lowest BCUT2D eigenvalue weighted by molar-refractivity contribution is -0.122. The standard InChI is InChI=1S/C17H27FN2O/c1-16(2,3)15(12-7-9-13(18)10-8-12)20-14(21)11-19-17(4,5)6/h7-10,15,19H,11H2,1-6H3,(H,20,21). The lowest BCUT2D eigenvalue weighted by Crippen LogP contribution is -2.46. The summed E-state index contributed by atoms with van der Waals surface area (Å²) >= 11 is 0. The SMILES string of the molecule is CC(C)(C)NCC(=O)NC(c1ccc(F)cc1)C(C)(C)C. The molecule has 0 fully saturated rings. The highest BCUT2D eigenvalue weighted by molar-refractivity contribution is 5.78. The molecule has 1 aromatic rings. The zero-order valence-electron chi connectivity index (χ0n) is 13.9. The molecule has 0 heterocycles. The molecule has 0 aliphatic carbocycles. The van der Waals surface area contributed by atoms with Gasteiger partial charge in [-0.15, -0.1) is 0 Å². The third-order valence-corrected chi connectivity index (χ3v) is 3.15. The Labute approximate surface area is 127 Å². The number of carbonyl (C=O) groups is 1. The largest absolute Gasteiger partial charge is 0.348 e. The normalized spacial score (nSPS) is 13.9. The summed E-state index contributed by atoms with van der Waals surface area (Å²) < 4.78 is 13.1. The number of benzene rings is 1. The highest BCUT2D eigenvalue weighted by Crippen LogP contribution is 2.32. The first kappa shape index (κ1) is 17.6. The fraction of sp³-hybridized carbons (Fsp3) is 0.588. The van der Waals surface area contributed by atoms with Crippen molar-refractivity contribution >= 4 is 5.91 Å². The molecule has 3 nitrogen and oxygen atoms in total.